The molecule has 5 heteroatoms. The van der Waals surface area contributed by atoms with E-state index in [1.807, 2.05) is 37.4 Å². The van der Waals surface area contributed by atoms with Crippen LogP contribution in [0.4, 0.5) is 0 Å². The molecule has 0 unspecified atom stereocenters. The number of amides is 1. The molecule has 3 N–H and O–H groups in total. The summed E-state index contributed by atoms with van der Waals surface area (Å²) in [6.07, 6.45) is 3.03. The quantitative estimate of drug-likeness (QED) is 0.550. The number of carbonyl (C=O) groups excluding carboxylic acids is 1. The van der Waals surface area contributed by atoms with E-state index >= 15 is 0 Å². The predicted octanol–water partition coefficient (Wildman–Crippen LogP) is 4.17. The van der Waals surface area contributed by atoms with Crippen molar-refractivity contribution in [2.45, 2.75) is 45.1 Å². The van der Waals surface area contributed by atoms with Crippen LogP contribution in [0.3, 0.4) is 0 Å². The fraction of sp³-hybridized carbons (Fsp3) is 0.304. The molecule has 0 radical (unpaired) electrons. The molecule has 1 amide bonds. The van der Waals surface area contributed by atoms with Crippen molar-refractivity contribution in [1.82, 2.24) is 10.3 Å². The van der Waals surface area contributed by atoms with E-state index in [4.69, 9.17) is 0 Å². The first-order valence-corrected chi connectivity index (χ1v) is 9.57. The summed E-state index contributed by atoms with van der Waals surface area (Å²) >= 11 is 0. The van der Waals surface area contributed by atoms with Gasteiger partial charge in [0.15, 0.2) is 0 Å². The third kappa shape index (κ3) is 4.80. The number of nitrogens with one attached hydrogen (secondary N) is 2. The van der Waals surface area contributed by atoms with Gasteiger partial charge >= 0.3 is 5.97 Å². The van der Waals surface area contributed by atoms with Gasteiger partial charge in [-0.2, -0.15) is 0 Å². The highest BCUT2D eigenvalue weighted by atomic mass is 16.4. The lowest BCUT2D eigenvalue weighted by Gasteiger charge is -2.16. The molecular formula is C23H26N2O3. The summed E-state index contributed by atoms with van der Waals surface area (Å²) in [5.74, 6) is -1.01. The van der Waals surface area contributed by atoms with Crippen molar-refractivity contribution >= 4 is 22.8 Å². The molecule has 0 bridgehead atoms. The van der Waals surface area contributed by atoms with Gasteiger partial charge in [-0.3, -0.25) is 4.79 Å². The molecule has 2 atom stereocenters. The van der Waals surface area contributed by atoms with Crippen LogP contribution in [-0.2, 0) is 16.0 Å². The van der Waals surface area contributed by atoms with E-state index in [1.165, 1.54) is 11.1 Å². The number of H-pyrrole nitrogens is 1. The van der Waals surface area contributed by atoms with Crippen LogP contribution in [-0.4, -0.2) is 28.0 Å². The standard InChI is InChI=1S/C23H26N2O3/c1-15-7-10-17(11-8-15)16(2)9-12-22(26)25-21(23(27)28)13-18-14-24-20-6-4-3-5-19(18)20/h3-8,10-11,14,16,21,24H,9,12-13H2,1-2H3,(H,25,26)(H,27,28)/t16-,21-/m0/s1. The molecule has 3 rings (SSSR count). The molecule has 0 spiro atoms. The highest BCUT2D eigenvalue weighted by Crippen LogP contribution is 2.22. The van der Waals surface area contributed by atoms with Crippen molar-refractivity contribution in [3.05, 3.63) is 71.4 Å². The van der Waals surface area contributed by atoms with Gasteiger partial charge in [0.2, 0.25) is 5.91 Å². The predicted molar refractivity (Wildman–Crippen MR) is 110 cm³/mol. The van der Waals surface area contributed by atoms with E-state index in [0.717, 1.165) is 16.5 Å². The molecule has 146 valence electrons. The number of para-hydroxylation sites is 1. The number of aryl methyl sites for hydroxylation is 1. The van der Waals surface area contributed by atoms with E-state index in [0.29, 0.717) is 12.8 Å². The summed E-state index contributed by atoms with van der Waals surface area (Å²) in [5, 5.41) is 13.2. The van der Waals surface area contributed by atoms with Crippen LogP contribution >= 0.6 is 0 Å². The largest absolute Gasteiger partial charge is 0.480 e. The molecule has 1 heterocycles. The number of carbonyl (C=O) groups is 2. The van der Waals surface area contributed by atoms with Gasteiger partial charge in [-0.1, -0.05) is 55.0 Å². The van der Waals surface area contributed by atoms with E-state index in [9.17, 15) is 14.7 Å². The fourth-order valence-corrected chi connectivity index (χ4v) is 3.40. The lowest BCUT2D eigenvalue weighted by Crippen LogP contribution is -2.42. The summed E-state index contributed by atoms with van der Waals surface area (Å²) in [7, 11) is 0. The molecule has 0 saturated carbocycles. The molecule has 0 fully saturated rings. The van der Waals surface area contributed by atoms with Gasteiger partial charge in [0.1, 0.15) is 6.04 Å². The summed E-state index contributed by atoms with van der Waals surface area (Å²) in [6, 6.07) is 15.1. The second-order valence-electron chi connectivity index (χ2n) is 7.37. The topological polar surface area (TPSA) is 82.2 Å². The Balaban J connectivity index is 1.58. The number of aliphatic carboxylic acids is 1. The highest BCUT2D eigenvalue weighted by molar-refractivity contribution is 5.86. The Morgan fingerprint density at radius 2 is 1.82 bits per heavy atom. The van der Waals surface area contributed by atoms with Gasteiger partial charge in [0, 0.05) is 29.9 Å². The van der Waals surface area contributed by atoms with Crippen LogP contribution in [0.25, 0.3) is 10.9 Å². The lowest BCUT2D eigenvalue weighted by atomic mass is 9.95. The number of benzene rings is 2. The Morgan fingerprint density at radius 3 is 2.54 bits per heavy atom. The van der Waals surface area contributed by atoms with Crippen molar-refractivity contribution in [3.63, 3.8) is 0 Å². The zero-order valence-electron chi connectivity index (χ0n) is 16.2. The second kappa shape index (κ2) is 8.74. The Morgan fingerprint density at radius 1 is 1.11 bits per heavy atom. The van der Waals surface area contributed by atoms with Crippen LogP contribution in [0.5, 0.6) is 0 Å². The van der Waals surface area contributed by atoms with Crippen molar-refractivity contribution in [1.29, 1.82) is 0 Å². The molecule has 0 aliphatic carbocycles. The van der Waals surface area contributed by atoms with Crippen molar-refractivity contribution in [3.8, 4) is 0 Å². The average molecular weight is 378 g/mol. The molecular weight excluding hydrogens is 352 g/mol. The van der Waals surface area contributed by atoms with Crippen LogP contribution in [0.1, 0.15) is 42.4 Å². The van der Waals surface area contributed by atoms with Crippen molar-refractivity contribution in [2.75, 3.05) is 0 Å². The summed E-state index contributed by atoms with van der Waals surface area (Å²) in [6.45, 7) is 4.13. The summed E-state index contributed by atoms with van der Waals surface area (Å²) in [4.78, 5) is 27.2. The zero-order valence-corrected chi connectivity index (χ0v) is 16.2. The smallest absolute Gasteiger partial charge is 0.326 e. The Hall–Kier alpha value is -3.08. The SMILES string of the molecule is Cc1ccc([C@@H](C)CCC(=O)N[C@@H](Cc2c[nH]c3ccccc23)C(=O)O)cc1. The number of rotatable bonds is 8. The second-order valence-corrected chi connectivity index (χ2v) is 7.37. The molecule has 5 nitrogen and oxygen atoms in total. The number of hydrogen-bond donors (Lipinski definition) is 3. The van der Waals surface area contributed by atoms with Gasteiger partial charge in [-0.05, 0) is 36.5 Å². The molecule has 0 aliphatic rings. The molecule has 1 aromatic heterocycles. The number of fused-ring (bicyclic) bond motifs is 1. The third-order valence-electron chi connectivity index (χ3n) is 5.18. The lowest BCUT2D eigenvalue weighted by molar-refractivity contribution is -0.141. The maximum atomic E-state index is 12.4. The minimum atomic E-state index is -1.02. The van der Waals surface area contributed by atoms with Gasteiger partial charge in [-0.15, -0.1) is 0 Å². The van der Waals surface area contributed by atoms with Crippen molar-refractivity contribution in [2.24, 2.45) is 0 Å². The Labute approximate surface area is 164 Å². The normalized spacial score (nSPS) is 13.2. The highest BCUT2D eigenvalue weighted by Gasteiger charge is 2.22. The molecule has 2 aromatic carbocycles. The van der Waals surface area contributed by atoms with Crippen LogP contribution in [0.15, 0.2) is 54.7 Å². The van der Waals surface area contributed by atoms with Crippen LogP contribution in [0.2, 0.25) is 0 Å². The van der Waals surface area contributed by atoms with E-state index < -0.39 is 12.0 Å². The third-order valence-corrected chi connectivity index (χ3v) is 5.18. The number of carboxylic acids is 1. The van der Waals surface area contributed by atoms with Crippen LogP contribution in [0, 0.1) is 6.92 Å². The fourth-order valence-electron chi connectivity index (χ4n) is 3.40. The van der Waals surface area contributed by atoms with Gasteiger partial charge in [-0.25, -0.2) is 4.79 Å². The number of hydrogen-bond acceptors (Lipinski definition) is 2. The first-order valence-electron chi connectivity index (χ1n) is 9.57. The van der Waals surface area contributed by atoms with Gasteiger partial charge in [0.05, 0.1) is 0 Å². The minimum Gasteiger partial charge on any atom is -0.480 e. The monoisotopic (exact) mass is 378 g/mol. The minimum absolute atomic E-state index is 0.230. The zero-order chi connectivity index (χ0) is 20.1. The summed E-state index contributed by atoms with van der Waals surface area (Å²) in [5.41, 5.74) is 4.23. The van der Waals surface area contributed by atoms with Gasteiger partial charge in [0.25, 0.3) is 0 Å². The molecule has 0 aliphatic heterocycles. The number of aromatic nitrogens is 1. The van der Waals surface area contributed by atoms with E-state index in [1.54, 1.807) is 0 Å². The molecule has 28 heavy (non-hydrogen) atoms. The van der Waals surface area contributed by atoms with E-state index in [-0.39, 0.29) is 18.2 Å². The van der Waals surface area contributed by atoms with Gasteiger partial charge < -0.3 is 15.4 Å². The Bertz CT molecular complexity index is 959. The number of carboxylic acid groups (broad SMARTS) is 1. The average Bonchev–Trinajstić information content (AvgIpc) is 3.09. The molecule has 3 aromatic rings. The maximum absolute atomic E-state index is 12.4. The van der Waals surface area contributed by atoms with Crippen LogP contribution < -0.4 is 5.32 Å². The molecule has 0 saturated heterocycles. The summed E-state index contributed by atoms with van der Waals surface area (Å²) < 4.78 is 0. The number of aromatic amines is 1. The first-order chi connectivity index (χ1) is 13.4. The van der Waals surface area contributed by atoms with Crippen molar-refractivity contribution < 1.29 is 14.7 Å². The first kappa shape index (κ1) is 19.7. The van der Waals surface area contributed by atoms with E-state index in [2.05, 4.69) is 41.5 Å². The maximum Gasteiger partial charge on any atom is 0.326 e. The Kier molecular flexibility index (Phi) is 6.14.